The van der Waals surface area contributed by atoms with Gasteiger partial charge >= 0.3 is 0 Å². The predicted octanol–water partition coefficient (Wildman–Crippen LogP) is 2.27. The van der Waals surface area contributed by atoms with Gasteiger partial charge in [0.05, 0.1) is 12.2 Å². The van der Waals surface area contributed by atoms with Crippen LogP contribution < -0.4 is 5.48 Å². The first kappa shape index (κ1) is 11.1. The van der Waals surface area contributed by atoms with Gasteiger partial charge in [0.2, 0.25) is 0 Å². The minimum Gasteiger partial charge on any atom is -0.274 e. The molecule has 0 aliphatic rings. The van der Waals surface area contributed by atoms with E-state index >= 15 is 0 Å². The first-order valence-electron chi connectivity index (χ1n) is 4.02. The summed E-state index contributed by atoms with van der Waals surface area (Å²) < 4.78 is 13.7. The zero-order chi connectivity index (χ0) is 10.6. The summed E-state index contributed by atoms with van der Waals surface area (Å²) in [6.45, 7) is 2.05. The van der Waals surface area contributed by atoms with Crippen molar-refractivity contribution < 1.29 is 14.0 Å². The number of hydrogen-bond donors (Lipinski definition) is 1. The van der Waals surface area contributed by atoms with E-state index in [0.29, 0.717) is 11.1 Å². The van der Waals surface area contributed by atoms with Gasteiger partial charge in [-0.25, -0.2) is 9.87 Å². The first-order valence-corrected chi connectivity index (χ1v) is 4.81. The highest BCUT2D eigenvalue weighted by atomic mass is 79.9. The number of nitrogens with one attached hydrogen (secondary N) is 1. The summed E-state index contributed by atoms with van der Waals surface area (Å²) >= 11 is 3.15. The molecule has 1 rings (SSSR count). The number of benzene rings is 1. The molecule has 0 spiro atoms. The molecule has 0 unspecified atom stereocenters. The molecule has 0 saturated heterocycles. The van der Waals surface area contributed by atoms with Crippen molar-refractivity contribution in [2.45, 2.75) is 6.92 Å². The monoisotopic (exact) mass is 261 g/mol. The van der Waals surface area contributed by atoms with Crippen LogP contribution in [0.25, 0.3) is 0 Å². The van der Waals surface area contributed by atoms with Crippen LogP contribution in [0.5, 0.6) is 0 Å². The Bertz CT molecular complexity index is 344. The molecule has 1 aromatic rings. The van der Waals surface area contributed by atoms with Gasteiger partial charge in [-0.1, -0.05) is 15.9 Å². The summed E-state index contributed by atoms with van der Waals surface area (Å²) in [5.74, 6) is -1.17. The second-order valence-electron chi connectivity index (χ2n) is 2.49. The molecular formula is C9H9BrFNO2. The van der Waals surface area contributed by atoms with Crippen LogP contribution in [0.2, 0.25) is 0 Å². The van der Waals surface area contributed by atoms with Crippen molar-refractivity contribution in [3.8, 4) is 0 Å². The zero-order valence-electron chi connectivity index (χ0n) is 7.51. The van der Waals surface area contributed by atoms with Gasteiger partial charge in [-0.15, -0.1) is 0 Å². The SMILES string of the molecule is CCONC(=O)c1cc(Br)ccc1F. The molecule has 76 valence electrons. The number of hydroxylamine groups is 1. The van der Waals surface area contributed by atoms with Gasteiger partial charge < -0.3 is 0 Å². The average molecular weight is 262 g/mol. The lowest BCUT2D eigenvalue weighted by atomic mass is 10.2. The Morgan fingerprint density at radius 1 is 1.64 bits per heavy atom. The average Bonchev–Trinajstić information content (AvgIpc) is 2.18. The molecule has 3 nitrogen and oxygen atoms in total. The first-order chi connectivity index (χ1) is 6.65. The molecule has 1 N–H and O–H groups in total. The van der Waals surface area contributed by atoms with E-state index in [0.717, 1.165) is 0 Å². The van der Waals surface area contributed by atoms with Crippen LogP contribution >= 0.6 is 15.9 Å². The van der Waals surface area contributed by atoms with Crippen molar-refractivity contribution in [1.29, 1.82) is 0 Å². The lowest BCUT2D eigenvalue weighted by Crippen LogP contribution is -2.24. The fourth-order valence-corrected chi connectivity index (χ4v) is 1.23. The number of carbonyl (C=O) groups excluding carboxylic acids is 1. The fourth-order valence-electron chi connectivity index (χ4n) is 0.864. The normalized spacial score (nSPS) is 9.93. The smallest absolute Gasteiger partial charge is 0.274 e. The topological polar surface area (TPSA) is 38.3 Å². The van der Waals surface area contributed by atoms with Crippen LogP contribution in [0.3, 0.4) is 0 Å². The van der Waals surface area contributed by atoms with E-state index in [4.69, 9.17) is 0 Å². The molecule has 5 heteroatoms. The molecule has 1 amide bonds. The highest BCUT2D eigenvalue weighted by molar-refractivity contribution is 9.10. The third kappa shape index (κ3) is 2.78. The molecule has 0 fully saturated rings. The summed E-state index contributed by atoms with van der Waals surface area (Å²) in [5, 5.41) is 0. The van der Waals surface area contributed by atoms with Gasteiger partial charge in [-0.3, -0.25) is 9.63 Å². The zero-order valence-corrected chi connectivity index (χ0v) is 9.10. The number of halogens is 2. The van der Waals surface area contributed by atoms with Crippen LogP contribution in [0.4, 0.5) is 4.39 Å². The molecule has 0 aliphatic carbocycles. The van der Waals surface area contributed by atoms with Crippen molar-refractivity contribution in [3.63, 3.8) is 0 Å². The third-order valence-electron chi connectivity index (χ3n) is 1.48. The molecule has 0 aromatic heterocycles. The Balaban J connectivity index is 2.83. The lowest BCUT2D eigenvalue weighted by Gasteiger charge is -2.04. The minimum atomic E-state index is -0.592. The molecule has 1 aromatic carbocycles. The van der Waals surface area contributed by atoms with E-state index in [9.17, 15) is 9.18 Å². The molecule has 0 saturated carbocycles. The number of amides is 1. The fraction of sp³-hybridized carbons (Fsp3) is 0.222. The van der Waals surface area contributed by atoms with E-state index in [2.05, 4.69) is 26.2 Å². The van der Waals surface area contributed by atoms with Gasteiger partial charge in [-0.2, -0.15) is 0 Å². The summed E-state index contributed by atoms with van der Waals surface area (Å²) in [4.78, 5) is 15.9. The Labute approximate surface area is 89.3 Å². The summed E-state index contributed by atoms with van der Waals surface area (Å²) in [7, 11) is 0. The van der Waals surface area contributed by atoms with Crippen LogP contribution in [-0.2, 0) is 4.84 Å². The molecule has 0 heterocycles. The Morgan fingerprint density at radius 2 is 2.36 bits per heavy atom. The van der Waals surface area contributed by atoms with Crippen molar-refractivity contribution in [3.05, 3.63) is 34.1 Å². The van der Waals surface area contributed by atoms with Crippen LogP contribution in [0, 0.1) is 5.82 Å². The number of hydrogen-bond acceptors (Lipinski definition) is 2. The second kappa shape index (κ2) is 5.07. The standard InChI is InChI=1S/C9H9BrFNO2/c1-2-14-12-9(13)7-5-6(10)3-4-8(7)11/h3-5H,2H2,1H3,(H,12,13). The molecule has 0 aliphatic heterocycles. The van der Waals surface area contributed by atoms with Gasteiger partial charge in [0.25, 0.3) is 5.91 Å². The molecule has 0 atom stereocenters. The highest BCUT2D eigenvalue weighted by Crippen LogP contribution is 2.15. The van der Waals surface area contributed by atoms with Crippen molar-refractivity contribution in [1.82, 2.24) is 5.48 Å². The van der Waals surface area contributed by atoms with Gasteiger partial charge in [0, 0.05) is 4.47 Å². The largest absolute Gasteiger partial charge is 0.277 e. The number of rotatable bonds is 3. The van der Waals surface area contributed by atoms with E-state index in [1.54, 1.807) is 6.92 Å². The van der Waals surface area contributed by atoms with E-state index in [-0.39, 0.29) is 5.56 Å². The summed E-state index contributed by atoms with van der Waals surface area (Å²) in [6, 6.07) is 4.13. The van der Waals surface area contributed by atoms with Gasteiger partial charge in [-0.05, 0) is 25.1 Å². The van der Waals surface area contributed by atoms with Crippen molar-refractivity contribution in [2.75, 3.05) is 6.61 Å². The molecular weight excluding hydrogens is 253 g/mol. The molecule has 0 radical (unpaired) electrons. The Hall–Kier alpha value is -0.940. The Kier molecular flexibility index (Phi) is 4.03. The number of carbonyl (C=O) groups is 1. The van der Waals surface area contributed by atoms with E-state index in [1.165, 1.54) is 18.2 Å². The predicted molar refractivity (Wildman–Crippen MR) is 53.2 cm³/mol. The lowest BCUT2D eigenvalue weighted by molar-refractivity contribution is 0.0361. The third-order valence-corrected chi connectivity index (χ3v) is 1.98. The summed E-state index contributed by atoms with van der Waals surface area (Å²) in [5.41, 5.74) is 2.07. The maximum atomic E-state index is 13.1. The second-order valence-corrected chi connectivity index (χ2v) is 3.40. The maximum Gasteiger partial charge on any atom is 0.277 e. The minimum absolute atomic E-state index is 0.0483. The van der Waals surface area contributed by atoms with Crippen LogP contribution in [-0.4, -0.2) is 12.5 Å². The highest BCUT2D eigenvalue weighted by Gasteiger charge is 2.11. The molecule has 14 heavy (non-hydrogen) atoms. The van der Waals surface area contributed by atoms with Gasteiger partial charge in [0.15, 0.2) is 0 Å². The quantitative estimate of drug-likeness (QED) is 0.848. The maximum absolute atomic E-state index is 13.1. The Morgan fingerprint density at radius 3 is 3.00 bits per heavy atom. The van der Waals surface area contributed by atoms with Crippen molar-refractivity contribution >= 4 is 21.8 Å². The summed E-state index contributed by atoms with van der Waals surface area (Å²) in [6.07, 6.45) is 0. The van der Waals surface area contributed by atoms with Crippen LogP contribution in [0.1, 0.15) is 17.3 Å². The van der Waals surface area contributed by atoms with E-state index < -0.39 is 11.7 Å². The van der Waals surface area contributed by atoms with Gasteiger partial charge in [0.1, 0.15) is 5.82 Å². The van der Waals surface area contributed by atoms with Crippen LogP contribution in [0.15, 0.2) is 22.7 Å². The van der Waals surface area contributed by atoms with E-state index in [1.807, 2.05) is 0 Å². The van der Waals surface area contributed by atoms with Crippen molar-refractivity contribution in [2.24, 2.45) is 0 Å². The molecule has 0 bridgehead atoms.